The van der Waals surface area contributed by atoms with Gasteiger partial charge in [0.05, 0.1) is 18.8 Å². The summed E-state index contributed by atoms with van der Waals surface area (Å²) >= 11 is 1.38. The second-order valence-corrected chi connectivity index (χ2v) is 6.68. The molecule has 4 rings (SSSR count). The van der Waals surface area contributed by atoms with Gasteiger partial charge in [-0.15, -0.1) is 11.3 Å². The highest BCUT2D eigenvalue weighted by Crippen LogP contribution is 2.35. The Labute approximate surface area is 153 Å². The summed E-state index contributed by atoms with van der Waals surface area (Å²) in [5, 5.41) is 5.70. The zero-order valence-electron chi connectivity index (χ0n) is 14.2. The number of aromatic nitrogens is 3. The quantitative estimate of drug-likeness (QED) is 0.713. The standard InChI is InChI=1S/C18H17FN4O2S/c1-2-25-18(24)13-10-26-17(21-13)16-15(11-3-5-12(19)6-4-11)22-14-9-20-7-8-23(14)16/h3-6,10,20H,2,7-9H2,1H3. The summed E-state index contributed by atoms with van der Waals surface area (Å²) in [7, 11) is 0. The molecule has 0 unspecified atom stereocenters. The van der Waals surface area contributed by atoms with Gasteiger partial charge in [-0.05, 0) is 31.2 Å². The van der Waals surface area contributed by atoms with E-state index < -0.39 is 5.97 Å². The Morgan fingerprint density at radius 2 is 2.15 bits per heavy atom. The summed E-state index contributed by atoms with van der Waals surface area (Å²) < 4.78 is 20.5. The molecule has 0 aliphatic carbocycles. The van der Waals surface area contributed by atoms with Crippen LogP contribution in [0.15, 0.2) is 29.6 Å². The van der Waals surface area contributed by atoms with Gasteiger partial charge in [-0.1, -0.05) is 0 Å². The topological polar surface area (TPSA) is 69.0 Å². The first-order valence-electron chi connectivity index (χ1n) is 8.36. The number of hydrogen-bond acceptors (Lipinski definition) is 6. The lowest BCUT2D eigenvalue weighted by Crippen LogP contribution is -2.28. The minimum absolute atomic E-state index is 0.292. The van der Waals surface area contributed by atoms with Crippen molar-refractivity contribution in [2.75, 3.05) is 13.2 Å². The van der Waals surface area contributed by atoms with Gasteiger partial charge in [-0.25, -0.2) is 19.2 Å². The fourth-order valence-electron chi connectivity index (χ4n) is 2.97. The first-order valence-corrected chi connectivity index (χ1v) is 9.24. The number of nitrogens with one attached hydrogen (secondary N) is 1. The molecule has 0 amide bonds. The van der Waals surface area contributed by atoms with E-state index in [1.54, 1.807) is 24.4 Å². The van der Waals surface area contributed by atoms with Crippen LogP contribution in [0.4, 0.5) is 4.39 Å². The van der Waals surface area contributed by atoms with Crippen molar-refractivity contribution >= 4 is 17.3 Å². The molecular formula is C18H17FN4O2S. The number of thiazole rings is 1. The van der Waals surface area contributed by atoms with Gasteiger partial charge in [0.15, 0.2) is 5.69 Å². The van der Waals surface area contributed by atoms with Crippen LogP contribution in [0.1, 0.15) is 23.2 Å². The van der Waals surface area contributed by atoms with E-state index in [0.717, 1.165) is 35.9 Å². The number of imidazole rings is 1. The summed E-state index contributed by atoms with van der Waals surface area (Å²) in [5.41, 5.74) is 2.71. The lowest BCUT2D eigenvalue weighted by atomic mass is 10.1. The van der Waals surface area contributed by atoms with Crippen LogP contribution >= 0.6 is 11.3 Å². The highest BCUT2D eigenvalue weighted by Gasteiger charge is 2.25. The molecule has 2 aromatic heterocycles. The summed E-state index contributed by atoms with van der Waals surface area (Å²) in [5.74, 6) is 0.177. The van der Waals surface area contributed by atoms with Crippen molar-refractivity contribution in [3.8, 4) is 22.0 Å². The van der Waals surface area contributed by atoms with E-state index in [9.17, 15) is 9.18 Å². The Morgan fingerprint density at radius 1 is 1.35 bits per heavy atom. The maximum atomic E-state index is 13.3. The van der Waals surface area contributed by atoms with Gasteiger partial charge in [0.2, 0.25) is 0 Å². The Balaban J connectivity index is 1.83. The predicted octanol–water partition coefficient (Wildman–Crippen LogP) is 3.09. The largest absolute Gasteiger partial charge is 0.461 e. The Hall–Kier alpha value is -2.58. The third-order valence-electron chi connectivity index (χ3n) is 4.15. The molecule has 0 spiro atoms. The van der Waals surface area contributed by atoms with Crippen LogP contribution in [0.3, 0.4) is 0 Å². The van der Waals surface area contributed by atoms with Gasteiger partial charge in [-0.2, -0.15) is 0 Å². The number of fused-ring (bicyclic) bond motifs is 1. The number of benzene rings is 1. The van der Waals surface area contributed by atoms with Crippen molar-refractivity contribution in [2.24, 2.45) is 0 Å². The molecule has 0 atom stereocenters. The molecule has 0 saturated heterocycles. The highest BCUT2D eigenvalue weighted by atomic mass is 32.1. The lowest BCUT2D eigenvalue weighted by molar-refractivity contribution is 0.0520. The Bertz CT molecular complexity index is 949. The van der Waals surface area contributed by atoms with Gasteiger partial charge in [-0.3, -0.25) is 0 Å². The van der Waals surface area contributed by atoms with Crippen molar-refractivity contribution in [3.63, 3.8) is 0 Å². The van der Waals surface area contributed by atoms with E-state index >= 15 is 0 Å². The molecule has 6 nitrogen and oxygen atoms in total. The first-order chi connectivity index (χ1) is 12.7. The van der Waals surface area contributed by atoms with E-state index in [2.05, 4.69) is 14.9 Å². The first kappa shape index (κ1) is 16.9. The third-order valence-corrected chi connectivity index (χ3v) is 5.00. The molecule has 134 valence electrons. The third kappa shape index (κ3) is 3.02. The van der Waals surface area contributed by atoms with Gasteiger partial charge in [0.25, 0.3) is 0 Å². The van der Waals surface area contributed by atoms with Crippen LogP contribution in [0, 0.1) is 5.82 Å². The van der Waals surface area contributed by atoms with E-state index in [4.69, 9.17) is 9.72 Å². The number of hydrogen-bond donors (Lipinski definition) is 1. The second kappa shape index (κ2) is 6.97. The number of carbonyl (C=O) groups is 1. The Morgan fingerprint density at radius 3 is 2.92 bits per heavy atom. The van der Waals surface area contributed by atoms with E-state index in [0.29, 0.717) is 23.9 Å². The second-order valence-electron chi connectivity index (χ2n) is 5.82. The smallest absolute Gasteiger partial charge is 0.357 e. The molecule has 3 aromatic rings. The maximum Gasteiger partial charge on any atom is 0.357 e. The number of ether oxygens (including phenoxy) is 1. The molecular weight excluding hydrogens is 355 g/mol. The monoisotopic (exact) mass is 372 g/mol. The normalized spacial score (nSPS) is 13.5. The number of halogens is 1. The molecule has 0 bridgehead atoms. The van der Waals surface area contributed by atoms with E-state index in [-0.39, 0.29) is 5.82 Å². The molecule has 26 heavy (non-hydrogen) atoms. The minimum Gasteiger partial charge on any atom is -0.461 e. The van der Waals surface area contributed by atoms with Crippen molar-refractivity contribution in [3.05, 3.63) is 47.0 Å². The Kier molecular flexibility index (Phi) is 4.52. The summed E-state index contributed by atoms with van der Waals surface area (Å²) in [6.07, 6.45) is 0. The maximum absolute atomic E-state index is 13.3. The average Bonchev–Trinajstić information content (AvgIpc) is 3.27. The molecule has 0 radical (unpaired) electrons. The van der Waals surface area contributed by atoms with E-state index in [1.165, 1.54) is 23.5 Å². The fraction of sp³-hybridized carbons (Fsp3) is 0.278. The summed E-state index contributed by atoms with van der Waals surface area (Å²) in [6, 6.07) is 6.25. The van der Waals surface area contributed by atoms with Gasteiger partial charge in [0.1, 0.15) is 22.3 Å². The average molecular weight is 372 g/mol. The SMILES string of the molecule is CCOC(=O)c1csc(-c2c(-c3ccc(F)cc3)nc3n2CCNC3)n1. The predicted molar refractivity (Wildman–Crippen MR) is 96.4 cm³/mol. The molecule has 0 saturated carbocycles. The van der Waals surface area contributed by atoms with Crippen LogP contribution in [-0.4, -0.2) is 33.7 Å². The molecule has 1 aliphatic rings. The molecule has 0 fully saturated rings. The van der Waals surface area contributed by atoms with Crippen LogP contribution in [0.25, 0.3) is 22.0 Å². The summed E-state index contributed by atoms with van der Waals surface area (Å²) in [4.78, 5) is 21.2. The van der Waals surface area contributed by atoms with Crippen LogP contribution in [0.2, 0.25) is 0 Å². The molecule has 1 N–H and O–H groups in total. The van der Waals surface area contributed by atoms with Gasteiger partial charge in [0, 0.05) is 24.0 Å². The zero-order valence-corrected chi connectivity index (χ0v) is 15.0. The molecule has 1 aliphatic heterocycles. The molecule has 3 heterocycles. The van der Waals surface area contributed by atoms with Crippen molar-refractivity contribution in [1.29, 1.82) is 0 Å². The van der Waals surface area contributed by atoms with Crippen LogP contribution < -0.4 is 5.32 Å². The highest BCUT2D eigenvalue weighted by molar-refractivity contribution is 7.13. The lowest BCUT2D eigenvalue weighted by Gasteiger charge is -2.16. The molecule has 1 aromatic carbocycles. The zero-order chi connectivity index (χ0) is 18.1. The summed E-state index contributed by atoms with van der Waals surface area (Å²) in [6.45, 7) is 4.31. The van der Waals surface area contributed by atoms with Crippen LogP contribution in [0.5, 0.6) is 0 Å². The van der Waals surface area contributed by atoms with Gasteiger partial charge < -0.3 is 14.6 Å². The number of carbonyl (C=O) groups excluding carboxylic acids is 1. The van der Waals surface area contributed by atoms with Crippen molar-refractivity contribution < 1.29 is 13.9 Å². The van der Waals surface area contributed by atoms with Crippen LogP contribution in [-0.2, 0) is 17.8 Å². The number of nitrogens with zero attached hydrogens (tertiary/aromatic N) is 3. The van der Waals surface area contributed by atoms with Crippen molar-refractivity contribution in [1.82, 2.24) is 19.9 Å². The fourth-order valence-corrected chi connectivity index (χ4v) is 3.81. The van der Waals surface area contributed by atoms with Gasteiger partial charge >= 0.3 is 5.97 Å². The number of rotatable bonds is 4. The number of esters is 1. The van der Waals surface area contributed by atoms with Crippen molar-refractivity contribution in [2.45, 2.75) is 20.0 Å². The molecule has 8 heteroatoms. The van der Waals surface area contributed by atoms with E-state index in [1.807, 2.05) is 0 Å². The minimum atomic E-state index is -0.432.